The van der Waals surface area contributed by atoms with E-state index >= 15 is 0 Å². The Balaban J connectivity index is 2.08. The molecule has 1 aliphatic carbocycles. The molecule has 0 aromatic heterocycles. The summed E-state index contributed by atoms with van der Waals surface area (Å²) in [5.74, 6) is 0. The van der Waals surface area contributed by atoms with Crippen molar-refractivity contribution in [1.29, 1.82) is 0 Å². The maximum Gasteiger partial charge on any atom is 0.0189 e. The zero-order valence-electron chi connectivity index (χ0n) is 14.0. The molecule has 2 heteroatoms. The Kier molecular flexibility index (Phi) is 4.06. The number of nitrogens with zero attached hydrogens (tertiary/aromatic N) is 1. The highest BCUT2D eigenvalue weighted by molar-refractivity contribution is 5.09. The van der Waals surface area contributed by atoms with Gasteiger partial charge in [0.15, 0.2) is 0 Å². The van der Waals surface area contributed by atoms with E-state index in [0.717, 1.165) is 0 Å². The van der Waals surface area contributed by atoms with Crippen LogP contribution in [0.5, 0.6) is 0 Å². The van der Waals surface area contributed by atoms with Gasteiger partial charge in [-0.3, -0.25) is 0 Å². The molecule has 112 valence electrons. The quantitative estimate of drug-likeness (QED) is 0.835. The number of nitrogens with one attached hydrogen (secondary N) is 1. The van der Waals surface area contributed by atoms with E-state index in [4.69, 9.17) is 0 Å². The van der Waals surface area contributed by atoms with Crippen LogP contribution < -0.4 is 5.32 Å². The number of hydrogen-bond acceptors (Lipinski definition) is 2. The fraction of sp³-hybridized carbons (Fsp3) is 1.00. The Morgan fingerprint density at radius 1 is 1.00 bits per heavy atom. The maximum absolute atomic E-state index is 3.95. The molecule has 19 heavy (non-hydrogen) atoms. The second kappa shape index (κ2) is 5.04. The minimum absolute atomic E-state index is 0.207. The summed E-state index contributed by atoms with van der Waals surface area (Å²) >= 11 is 0. The van der Waals surface area contributed by atoms with E-state index in [1.807, 2.05) is 0 Å². The molecule has 1 atom stereocenters. The normalized spacial score (nSPS) is 25.6. The third kappa shape index (κ3) is 3.95. The lowest BCUT2D eigenvalue weighted by Crippen LogP contribution is -2.56. The van der Waals surface area contributed by atoms with Crippen molar-refractivity contribution in [2.75, 3.05) is 19.6 Å². The van der Waals surface area contributed by atoms with Crippen LogP contribution in [-0.4, -0.2) is 36.1 Å². The largest absolute Gasteiger partial charge is 0.308 e. The summed E-state index contributed by atoms with van der Waals surface area (Å²) < 4.78 is 0. The Morgan fingerprint density at radius 3 is 1.89 bits per heavy atom. The molecular weight excluding hydrogens is 232 g/mol. The minimum atomic E-state index is 0.207. The van der Waals surface area contributed by atoms with Gasteiger partial charge in [0.2, 0.25) is 0 Å². The Hall–Kier alpha value is -0.0800. The highest BCUT2D eigenvalue weighted by Crippen LogP contribution is 2.54. The van der Waals surface area contributed by atoms with Crippen LogP contribution in [0.1, 0.15) is 67.2 Å². The Labute approximate surface area is 120 Å². The average Bonchev–Trinajstić information content (AvgIpc) is 2.79. The molecule has 0 aromatic carbocycles. The van der Waals surface area contributed by atoms with Crippen molar-refractivity contribution in [3.05, 3.63) is 0 Å². The number of hydrogen-bond donors (Lipinski definition) is 1. The van der Waals surface area contributed by atoms with E-state index in [0.29, 0.717) is 16.9 Å². The summed E-state index contributed by atoms with van der Waals surface area (Å²) in [5, 5.41) is 3.95. The van der Waals surface area contributed by atoms with Crippen LogP contribution in [0.2, 0.25) is 0 Å². The van der Waals surface area contributed by atoms with Gasteiger partial charge in [0.05, 0.1) is 0 Å². The average molecular weight is 266 g/mol. The van der Waals surface area contributed by atoms with Crippen molar-refractivity contribution >= 4 is 0 Å². The molecule has 1 N–H and O–H groups in total. The van der Waals surface area contributed by atoms with Crippen LogP contribution in [0.25, 0.3) is 0 Å². The SMILES string of the molecule is CC(C)(C)NC(C(C)(C)C)C1(CN2CCCC2)CC1. The van der Waals surface area contributed by atoms with E-state index in [2.05, 4.69) is 51.8 Å². The lowest BCUT2D eigenvalue weighted by atomic mass is 9.75. The Bertz CT molecular complexity index is 298. The third-order valence-corrected chi connectivity index (χ3v) is 4.69. The highest BCUT2D eigenvalue weighted by atomic mass is 15.2. The van der Waals surface area contributed by atoms with Gasteiger partial charge < -0.3 is 10.2 Å². The topological polar surface area (TPSA) is 15.3 Å². The lowest BCUT2D eigenvalue weighted by Gasteiger charge is -2.44. The first-order valence-electron chi connectivity index (χ1n) is 8.13. The van der Waals surface area contributed by atoms with E-state index in [1.165, 1.54) is 45.3 Å². The molecule has 1 heterocycles. The fourth-order valence-electron chi connectivity index (χ4n) is 3.81. The molecule has 1 saturated carbocycles. The highest BCUT2D eigenvalue weighted by Gasteiger charge is 2.54. The second-order valence-electron chi connectivity index (χ2n) is 9.04. The predicted octanol–water partition coefficient (Wildman–Crippen LogP) is 3.67. The molecule has 2 nitrogen and oxygen atoms in total. The summed E-state index contributed by atoms with van der Waals surface area (Å²) in [4.78, 5) is 2.70. The lowest BCUT2D eigenvalue weighted by molar-refractivity contribution is 0.111. The van der Waals surface area contributed by atoms with Crippen molar-refractivity contribution in [2.24, 2.45) is 10.8 Å². The summed E-state index contributed by atoms with van der Waals surface area (Å²) in [7, 11) is 0. The standard InChI is InChI=1S/C17H34N2/c1-15(2,3)14(18-16(4,5)6)17(9-10-17)13-19-11-7-8-12-19/h14,18H,7-13H2,1-6H3. The van der Waals surface area contributed by atoms with Gasteiger partial charge in [-0.1, -0.05) is 20.8 Å². The molecule has 0 aromatic rings. The predicted molar refractivity (Wildman–Crippen MR) is 83.5 cm³/mol. The molecule has 0 bridgehead atoms. The first-order valence-corrected chi connectivity index (χ1v) is 8.13. The molecule has 1 aliphatic heterocycles. The van der Waals surface area contributed by atoms with Gasteiger partial charge in [-0.15, -0.1) is 0 Å². The van der Waals surface area contributed by atoms with Gasteiger partial charge in [0, 0.05) is 18.1 Å². The van der Waals surface area contributed by atoms with Crippen molar-refractivity contribution in [1.82, 2.24) is 10.2 Å². The minimum Gasteiger partial charge on any atom is -0.308 e. The van der Waals surface area contributed by atoms with Crippen LogP contribution in [0.4, 0.5) is 0 Å². The van der Waals surface area contributed by atoms with Gasteiger partial charge in [-0.05, 0) is 70.4 Å². The van der Waals surface area contributed by atoms with E-state index in [-0.39, 0.29) is 5.54 Å². The smallest absolute Gasteiger partial charge is 0.0189 e. The van der Waals surface area contributed by atoms with Crippen LogP contribution >= 0.6 is 0 Å². The number of rotatable bonds is 4. The van der Waals surface area contributed by atoms with Crippen LogP contribution in [0.15, 0.2) is 0 Å². The van der Waals surface area contributed by atoms with E-state index in [1.54, 1.807) is 0 Å². The van der Waals surface area contributed by atoms with Crippen LogP contribution in [0, 0.1) is 10.8 Å². The summed E-state index contributed by atoms with van der Waals surface area (Å²) in [6.07, 6.45) is 5.63. The maximum atomic E-state index is 3.95. The van der Waals surface area contributed by atoms with Gasteiger partial charge in [-0.25, -0.2) is 0 Å². The molecule has 0 amide bonds. The zero-order chi connectivity index (χ0) is 14.3. The van der Waals surface area contributed by atoms with Crippen LogP contribution in [0.3, 0.4) is 0 Å². The molecule has 2 rings (SSSR count). The van der Waals surface area contributed by atoms with Crippen molar-refractivity contribution in [2.45, 2.75) is 78.8 Å². The molecule has 0 radical (unpaired) electrons. The monoisotopic (exact) mass is 266 g/mol. The summed E-state index contributed by atoms with van der Waals surface area (Å²) in [5.41, 5.74) is 1.08. The first kappa shape index (κ1) is 15.3. The molecule has 2 aliphatic rings. The van der Waals surface area contributed by atoms with Crippen molar-refractivity contribution in [3.63, 3.8) is 0 Å². The van der Waals surface area contributed by atoms with Gasteiger partial charge >= 0.3 is 0 Å². The Morgan fingerprint density at radius 2 is 1.53 bits per heavy atom. The second-order valence-corrected chi connectivity index (χ2v) is 9.04. The van der Waals surface area contributed by atoms with E-state index < -0.39 is 0 Å². The van der Waals surface area contributed by atoms with Gasteiger partial charge in [-0.2, -0.15) is 0 Å². The molecule has 1 saturated heterocycles. The molecule has 2 fully saturated rings. The third-order valence-electron chi connectivity index (χ3n) is 4.69. The number of likely N-dealkylation sites (tertiary alicyclic amines) is 1. The van der Waals surface area contributed by atoms with Gasteiger partial charge in [0.1, 0.15) is 0 Å². The fourth-order valence-corrected chi connectivity index (χ4v) is 3.81. The molecular formula is C17H34N2. The molecule has 0 spiro atoms. The first-order chi connectivity index (χ1) is 8.62. The van der Waals surface area contributed by atoms with Crippen molar-refractivity contribution in [3.8, 4) is 0 Å². The van der Waals surface area contributed by atoms with Gasteiger partial charge in [0.25, 0.3) is 0 Å². The summed E-state index contributed by atoms with van der Waals surface area (Å²) in [6.45, 7) is 18.1. The summed E-state index contributed by atoms with van der Waals surface area (Å²) in [6, 6.07) is 0.626. The molecule has 1 unspecified atom stereocenters. The van der Waals surface area contributed by atoms with E-state index in [9.17, 15) is 0 Å². The zero-order valence-corrected chi connectivity index (χ0v) is 14.0. The van der Waals surface area contributed by atoms with Crippen molar-refractivity contribution < 1.29 is 0 Å². The van der Waals surface area contributed by atoms with Crippen LogP contribution in [-0.2, 0) is 0 Å².